The van der Waals surface area contributed by atoms with Gasteiger partial charge in [-0.3, -0.25) is 0 Å². The van der Waals surface area contributed by atoms with Crippen molar-refractivity contribution in [2.45, 2.75) is 26.2 Å². The molecule has 20 heavy (non-hydrogen) atoms. The zero-order valence-electron chi connectivity index (χ0n) is 12.2. The van der Waals surface area contributed by atoms with Crippen molar-refractivity contribution in [2.24, 2.45) is 0 Å². The maximum atomic E-state index is 2.40. The first-order valence-electron chi connectivity index (χ1n) is 6.97. The normalized spacial score (nSPS) is 11.8. The predicted molar refractivity (Wildman–Crippen MR) is 89.4 cm³/mol. The molecule has 0 aliphatic carbocycles. The van der Waals surface area contributed by atoms with Crippen LogP contribution in [0.1, 0.15) is 25.2 Å². The van der Waals surface area contributed by atoms with Crippen molar-refractivity contribution in [2.75, 3.05) is 0 Å². The summed E-state index contributed by atoms with van der Waals surface area (Å²) in [6, 6.07) is 22.0. The fourth-order valence-corrected chi connectivity index (χ4v) is 4.99. The first-order valence-corrected chi connectivity index (χ1v) is 8.69. The minimum atomic E-state index is 0.244. The minimum absolute atomic E-state index is 0.244. The summed E-state index contributed by atoms with van der Waals surface area (Å²) < 4.78 is 3.09. The van der Waals surface area contributed by atoms with E-state index in [-0.39, 0.29) is 5.41 Å². The third kappa shape index (κ3) is 2.57. The molecule has 0 bridgehead atoms. The van der Waals surface area contributed by atoms with E-state index in [1.165, 1.54) is 20.8 Å². The Bertz CT molecular complexity index is 737. The second-order valence-corrected chi connectivity index (χ2v) is 8.35. The molecule has 0 fully saturated rings. The third-order valence-electron chi connectivity index (χ3n) is 3.48. The third-order valence-corrected chi connectivity index (χ3v) is 6.86. The summed E-state index contributed by atoms with van der Waals surface area (Å²) in [5, 5.41) is 2.77. The monoisotopic (exact) mass is 327 g/mol. The number of hydrogen-bond acceptors (Lipinski definition) is 0. The summed E-state index contributed by atoms with van der Waals surface area (Å²) in [5.74, 6) is 0. The van der Waals surface area contributed by atoms with Crippen molar-refractivity contribution in [1.29, 1.82) is 0 Å². The van der Waals surface area contributed by atoms with Crippen LogP contribution in [0.15, 0.2) is 60.7 Å². The standard InChI is InChI=1S/C19H19Se/c1-19(2,3)17-13-15-11-7-8-12-16(15)18(20-17)14-9-5-4-6-10-14/h4-13H,1-3H3/q+1. The predicted octanol–water partition coefficient (Wildman–Crippen LogP) is 5.14. The Morgan fingerprint density at radius 2 is 1.45 bits per heavy atom. The fraction of sp³-hybridized carbons (Fsp3) is 0.211. The first kappa shape index (κ1) is 13.5. The van der Waals surface area contributed by atoms with Crippen LogP contribution in [0, 0.1) is 0 Å². The van der Waals surface area contributed by atoms with Gasteiger partial charge in [0, 0.05) is 0 Å². The van der Waals surface area contributed by atoms with Gasteiger partial charge in [0.25, 0.3) is 0 Å². The second-order valence-electron chi connectivity index (χ2n) is 6.14. The molecule has 0 amide bonds. The molecule has 0 atom stereocenters. The van der Waals surface area contributed by atoms with Gasteiger partial charge in [0.1, 0.15) is 0 Å². The molecular weight excluding hydrogens is 307 g/mol. The van der Waals surface area contributed by atoms with Crippen molar-refractivity contribution < 1.29 is 0 Å². The topological polar surface area (TPSA) is 0 Å². The maximum absolute atomic E-state index is 2.40. The molecule has 0 unspecified atom stereocenters. The summed E-state index contributed by atoms with van der Waals surface area (Å²) >= 11 is 0.397. The fourth-order valence-electron chi connectivity index (χ4n) is 2.34. The van der Waals surface area contributed by atoms with Gasteiger partial charge in [-0.05, 0) is 0 Å². The van der Waals surface area contributed by atoms with Crippen molar-refractivity contribution in [3.63, 3.8) is 0 Å². The van der Waals surface area contributed by atoms with E-state index >= 15 is 0 Å². The van der Waals surface area contributed by atoms with Gasteiger partial charge in [0.05, 0.1) is 0 Å². The molecule has 2 aromatic carbocycles. The van der Waals surface area contributed by atoms with Gasteiger partial charge in [0.15, 0.2) is 0 Å². The number of benzene rings is 2. The van der Waals surface area contributed by atoms with Crippen LogP contribution >= 0.6 is 0 Å². The molecular formula is C19H19Se+. The van der Waals surface area contributed by atoms with Gasteiger partial charge in [-0.1, -0.05) is 0 Å². The molecule has 0 N–H and O–H groups in total. The average Bonchev–Trinajstić information content (AvgIpc) is 2.46. The second kappa shape index (κ2) is 5.16. The molecule has 1 aromatic heterocycles. The van der Waals surface area contributed by atoms with Crippen LogP contribution in [0.5, 0.6) is 0 Å². The van der Waals surface area contributed by atoms with Crippen molar-refractivity contribution >= 4 is 25.3 Å². The van der Waals surface area contributed by atoms with Crippen LogP contribution < -0.4 is 0 Å². The zero-order chi connectivity index (χ0) is 14.2. The van der Waals surface area contributed by atoms with Crippen molar-refractivity contribution in [3.8, 4) is 10.0 Å². The van der Waals surface area contributed by atoms with Crippen LogP contribution in [0.2, 0.25) is 0 Å². The molecule has 0 aliphatic heterocycles. The molecule has 1 heterocycles. The van der Waals surface area contributed by atoms with E-state index in [9.17, 15) is 0 Å². The molecule has 1 heteroatoms. The van der Waals surface area contributed by atoms with E-state index < -0.39 is 0 Å². The zero-order valence-corrected chi connectivity index (χ0v) is 13.9. The summed E-state index contributed by atoms with van der Waals surface area (Å²) in [6.07, 6.45) is 0. The quantitative estimate of drug-likeness (QED) is 0.543. The number of hydrogen-bond donors (Lipinski definition) is 0. The van der Waals surface area contributed by atoms with Gasteiger partial charge < -0.3 is 0 Å². The Kier molecular flexibility index (Phi) is 3.50. The van der Waals surface area contributed by atoms with E-state index in [1.807, 2.05) is 0 Å². The Hall–Kier alpha value is -1.43. The summed E-state index contributed by atoms with van der Waals surface area (Å²) in [5.41, 5.74) is 1.61. The molecule has 0 spiro atoms. The van der Waals surface area contributed by atoms with Gasteiger partial charge in [-0.15, -0.1) is 0 Å². The van der Waals surface area contributed by atoms with Gasteiger partial charge in [0.2, 0.25) is 0 Å². The van der Waals surface area contributed by atoms with E-state index in [4.69, 9.17) is 0 Å². The molecule has 0 nitrogen and oxygen atoms in total. The number of fused-ring (bicyclic) bond motifs is 1. The van der Waals surface area contributed by atoms with Crippen LogP contribution in [0.3, 0.4) is 0 Å². The molecule has 0 saturated heterocycles. The van der Waals surface area contributed by atoms with Crippen LogP contribution in [-0.2, 0) is 5.41 Å². The van der Waals surface area contributed by atoms with E-state index in [1.54, 1.807) is 4.44 Å². The molecule has 0 radical (unpaired) electrons. The van der Waals surface area contributed by atoms with Crippen molar-refractivity contribution in [3.05, 3.63) is 65.1 Å². The van der Waals surface area contributed by atoms with Gasteiger partial charge >= 0.3 is 127 Å². The Labute approximate surface area is 126 Å². The van der Waals surface area contributed by atoms with Gasteiger partial charge in [-0.2, -0.15) is 0 Å². The van der Waals surface area contributed by atoms with Gasteiger partial charge in [-0.25, -0.2) is 0 Å². The Morgan fingerprint density at radius 1 is 0.800 bits per heavy atom. The van der Waals surface area contributed by atoms with Crippen LogP contribution in [-0.4, -0.2) is 14.5 Å². The molecule has 0 aliphatic rings. The Morgan fingerprint density at radius 3 is 2.15 bits per heavy atom. The molecule has 3 aromatic rings. The first-order chi connectivity index (χ1) is 9.55. The molecule has 3 rings (SSSR count). The Balaban J connectivity index is 2.34. The molecule has 100 valence electrons. The van der Waals surface area contributed by atoms with Crippen molar-refractivity contribution in [1.82, 2.24) is 0 Å². The summed E-state index contributed by atoms with van der Waals surface area (Å²) in [4.78, 5) is 0. The summed E-state index contributed by atoms with van der Waals surface area (Å²) in [7, 11) is 0. The van der Waals surface area contributed by atoms with E-state index in [0.717, 1.165) is 0 Å². The van der Waals surface area contributed by atoms with E-state index in [0.29, 0.717) is 14.5 Å². The molecule has 0 saturated carbocycles. The SMILES string of the molecule is CC(C)(C)c1cc2ccccc2c(-c2ccccc2)[se+]1. The average molecular weight is 326 g/mol. The van der Waals surface area contributed by atoms with Crippen LogP contribution in [0.25, 0.3) is 20.8 Å². The van der Waals surface area contributed by atoms with E-state index in [2.05, 4.69) is 81.4 Å². The number of rotatable bonds is 1. The van der Waals surface area contributed by atoms with Crippen LogP contribution in [0.4, 0.5) is 0 Å². The summed E-state index contributed by atoms with van der Waals surface area (Å²) in [6.45, 7) is 6.95.